The van der Waals surface area contributed by atoms with Gasteiger partial charge < -0.3 is 33.9 Å². The number of hydrogen-bond donors (Lipinski definition) is 1. The Morgan fingerprint density at radius 1 is 1.09 bits per heavy atom. The van der Waals surface area contributed by atoms with Gasteiger partial charge in [0.15, 0.2) is 11.6 Å². The van der Waals surface area contributed by atoms with Crippen molar-refractivity contribution in [2.75, 3.05) is 63.5 Å². The number of nitrogens with zero attached hydrogens (tertiary/aromatic N) is 3. The molecule has 1 aliphatic heterocycles. The number of hydrogen-bond acceptors (Lipinski definition) is 8. The predicted octanol–water partition coefficient (Wildman–Crippen LogP) is 5.39. The smallest absolute Gasteiger partial charge is 0.421 e. The van der Waals surface area contributed by atoms with Gasteiger partial charge in [-0.1, -0.05) is 6.92 Å². The van der Waals surface area contributed by atoms with Gasteiger partial charge in [0.25, 0.3) is 0 Å². The Kier molecular flexibility index (Phi) is 11.0. The van der Waals surface area contributed by atoms with Crippen LogP contribution in [0, 0.1) is 17.7 Å². The third-order valence-corrected chi connectivity index (χ3v) is 7.92. The van der Waals surface area contributed by atoms with E-state index in [2.05, 4.69) is 11.9 Å². The minimum atomic E-state index is -4.90. The molecule has 44 heavy (non-hydrogen) atoms. The summed E-state index contributed by atoms with van der Waals surface area (Å²) in [4.78, 5) is 33.3. The van der Waals surface area contributed by atoms with Crippen LogP contribution in [0.2, 0.25) is 0 Å². The summed E-state index contributed by atoms with van der Waals surface area (Å²) in [7, 11) is 2.80. The normalized spacial score (nSPS) is 19.2. The lowest BCUT2D eigenvalue weighted by molar-refractivity contribution is -0.138. The molecular formula is C30H37F4N3O7. The summed E-state index contributed by atoms with van der Waals surface area (Å²) in [5, 5.41) is 10.2. The number of carbonyl (C=O) groups is 2. The van der Waals surface area contributed by atoms with E-state index >= 15 is 4.39 Å². The molecule has 2 aliphatic rings. The summed E-state index contributed by atoms with van der Waals surface area (Å²) < 4.78 is 78.8. The summed E-state index contributed by atoms with van der Waals surface area (Å²) in [5.41, 5.74) is -2.09. The van der Waals surface area contributed by atoms with Crippen LogP contribution in [0.5, 0.6) is 11.6 Å². The second-order valence-corrected chi connectivity index (χ2v) is 11.1. The highest BCUT2D eigenvalue weighted by molar-refractivity contribution is 6.03. The van der Waals surface area contributed by atoms with Crippen LogP contribution in [0.3, 0.4) is 0 Å². The van der Waals surface area contributed by atoms with Crippen molar-refractivity contribution in [2.24, 2.45) is 11.8 Å². The Morgan fingerprint density at radius 2 is 1.73 bits per heavy atom. The van der Waals surface area contributed by atoms with Crippen molar-refractivity contribution in [1.82, 2.24) is 4.98 Å². The number of alkyl halides is 3. The number of morpholine rings is 1. The minimum Gasteiger partial charge on any atom is -0.478 e. The molecule has 4 rings (SSSR count). The molecular weight excluding hydrogens is 590 g/mol. The van der Waals surface area contributed by atoms with Gasteiger partial charge in [-0.3, -0.25) is 4.79 Å². The van der Waals surface area contributed by atoms with Crippen LogP contribution in [0.25, 0.3) is 0 Å². The molecule has 1 aliphatic carbocycles. The second-order valence-electron chi connectivity index (χ2n) is 11.1. The molecule has 1 N–H and O–H groups in total. The van der Waals surface area contributed by atoms with Crippen molar-refractivity contribution >= 4 is 23.4 Å². The molecule has 2 heterocycles. The standard InChI is InChI=1S/C30H37F4N3O7/c1-18-4-6-19(7-5-18)28(38)37(20(16-41-2)17-42-3)24-15-23(31)25(14-21(24)29(39)40)44-27-22(30(32,33)34)8-9-26(35-27)36-10-12-43-13-11-36/h8-9,14-15,18-20H,4-7,10-13,16-17H2,1-3H3,(H,39,40). The number of aromatic nitrogens is 1. The van der Waals surface area contributed by atoms with Gasteiger partial charge in [-0.15, -0.1) is 0 Å². The molecule has 14 heteroatoms. The quantitative estimate of drug-likeness (QED) is 0.328. The molecule has 0 bridgehead atoms. The van der Waals surface area contributed by atoms with Gasteiger partial charge in [-0.25, -0.2) is 9.18 Å². The highest BCUT2D eigenvalue weighted by Crippen LogP contribution is 2.41. The van der Waals surface area contributed by atoms with Crippen LogP contribution < -0.4 is 14.5 Å². The van der Waals surface area contributed by atoms with Gasteiger partial charge in [0.2, 0.25) is 11.8 Å². The first-order valence-electron chi connectivity index (χ1n) is 14.4. The number of ether oxygens (including phenoxy) is 4. The Balaban J connectivity index is 1.78. The van der Waals surface area contributed by atoms with Gasteiger partial charge in [-0.2, -0.15) is 18.2 Å². The Bertz CT molecular complexity index is 1310. The first kappa shape index (κ1) is 33.4. The Labute approximate surface area is 252 Å². The van der Waals surface area contributed by atoms with Crippen LogP contribution in [0.15, 0.2) is 24.3 Å². The molecule has 0 unspecified atom stereocenters. The van der Waals surface area contributed by atoms with E-state index in [9.17, 15) is 27.9 Å². The Morgan fingerprint density at radius 3 is 2.30 bits per heavy atom. The van der Waals surface area contributed by atoms with Crippen molar-refractivity contribution in [3.05, 3.63) is 41.2 Å². The van der Waals surface area contributed by atoms with Crippen LogP contribution >= 0.6 is 0 Å². The summed E-state index contributed by atoms with van der Waals surface area (Å²) in [6, 6.07) is 2.72. The van der Waals surface area contributed by atoms with Crippen LogP contribution in [0.4, 0.5) is 29.1 Å². The van der Waals surface area contributed by atoms with E-state index in [1.54, 1.807) is 4.90 Å². The SMILES string of the molecule is COCC(COC)N(C(=O)C1CCC(C)CC1)c1cc(F)c(Oc2nc(N3CCOCC3)ccc2C(F)(F)F)cc1C(=O)O. The molecule has 0 atom stereocenters. The number of aromatic carboxylic acids is 1. The number of halogens is 4. The lowest BCUT2D eigenvalue weighted by Crippen LogP contribution is -2.49. The van der Waals surface area contributed by atoms with E-state index in [1.165, 1.54) is 25.2 Å². The second kappa shape index (κ2) is 14.5. The average molecular weight is 628 g/mol. The van der Waals surface area contributed by atoms with Gasteiger partial charge in [0.05, 0.1) is 43.7 Å². The first-order chi connectivity index (χ1) is 20.9. The number of methoxy groups -OCH3 is 2. The number of pyridine rings is 1. The van der Waals surface area contributed by atoms with E-state index in [1.807, 2.05) is 0 Å². The van der Waals surface area contributed by atoms with Crippen molar-refractivity contribution < 1.29 is 51.2 Å². The number of amides is 1. The van der Waals surface area contributed by atoms with E-state index in [-0.39, 0.29) is 24.7 Å². The van der Waals surface area contributed by atoms with Gasteiger partial charge >= 0.3 is 12.1 Å². The third kappa shape index (κ3) is 7.77. The van der Waals surface area contributed by atoms with Crippen molar-refractivity contribution in [3.63, 3.8) is 0 Å². The molecule has 1 aromatic carbocycles. The van der Waals surface area contributed by atoms with E-state index in [4.69, 9.17) is 18.9 Å². The zero-order chi connectivity index (χ0) is 32.0. The highest BCUT2D eigenvalue weighted by Gasteiger charge is 2.38. The number of rotatable bonds is 11. The predicted molar refractivity (Wildman–Crippen MR) is 152 cm³/mol. The molecule has 1 aromatic heterocycles. The van der Waals surface area contributed by atoms with Crippen molar-refractivity contribution in [3.8, 4) is 11.6 Å². The molecule has 2 fully saturated rings. The van der Waals surface area contributed by atoms with E-state index in [0.29, 0.717) is 45.1 Å². The van der Waals surface area contributed by atoms with Crippen molar-refractivity contribution in [2.45, 2.75) is 44.8 Å². The monoisotopic (exact) mass is 627 g/mol. The largest absolute Gasteiger partial charge is 0.478 e. The molecule has 1 saturated heterocycles. The van der Waals surface area contributed by atoms with Gasteiger partial charge in [0, 0.05) is 45.4 Å². The lowest BCUT2D eigenvalue weighted by Gasteiger charge is -2.36. The fourth-order valence-electron chi connectivity index (χ4n) is 5.57. The summed E-state index contributed by atoms with van der Waals surface area (Å²) >= 11 is 0. The molecule has 0 spiro atoms. The molecule has 1 saturated carbocycles. The molecule has 1 amide bonds. The zero-order valence-corrected chi connectivity index (χ0v) is 24.9. The fourth-order valence-corrected chi connectivity index (χ4v) is 5.57. The average Bonchev–Trinajstić information content (AvgIpc) is 2.98. The van der Waals surface area contributed by atoms with E-state index < -0.39 is 58.6 Å². The van der Waals surface area contributed by atoms with Crippen LogP contribution in [0.1, 0.15) is 48.5 Å². The summed E-state index contributed by atoms with van der Waals surface area (Å²) in [6.07, 6.45) is -2.16. The minimum absolute atomic E-state index is 0.0468. The molecule has 10 nitrogen and oxygen atoms in total. The number of carbonyl (C=O) groups excluding carboxylic acids is 1. The van der Waals surface area contributed by atoms with Crippen LogP contribution in [-0.2, 0) is 25.2 Å². The topological polar surface area (TPSA) is 111 Å². The number of benzene rings is 1. The molecule has 0 radical (unpaired) electrons. The molecule has 242 valence electrons. The fraction of sp³-hybridized carbons (Fsp3) is 0.567. The lowest BCUT2D eigenvalue weighted by atomic mass is 9.82. The molecule has 2 aromatic rings. The maximum atomic E-state index is 15.8. The summed E-state index contributed by atoms with van der Waals surface area (Å²) in [5.74, 6) is -4.72. The number of carboxylic acid groups (broad SMARTS) is 1. The van der Waals surface area contributed by atoms with Gasteiger partial charge in [-0.05, 0) is 43.7 Å². The highest BCUT2D eigenvalue weighted by atomic mass is 19.4. The Hall–Kier alpha value is -3.49. The first-order valence-corrected chi connectivity index (χ1v) is 14.4. The maximum Gasteiger partial charge on any atom is 0.421 e. The number of anilines is 2. The number of carboxylic acids is 1. The van der Waals surface area contributed by atoms with Gasteiger partial charge in [0.1, 0.15) is 11.4 Å². The van der Waals surface area contributed by atoms with Crippen LogP contribution in [-0.4, -0.2) is 81.7 Å². The van der Waals surface area contributed by atoms with E-state index in [0.717, 1.165) is 31.0 Å². The zero-order valence-electron chi connectivity index (χ0n) is 24.9. The van der Waals surface area contributed by atoms with Crippen molar-refractivity contribution in [1.29, 1.82) is 0 Å². The third-order valence-electron chi connectivity index (χ3n) is 7.92. The maximum absolute atomic E-state index is 15.8. The summed E-state index contributed by atoms with van der Waals surface area (Å²) in [6.45, 7) is 3.43.